The fraction of sp³-hybridized carbons (Fsp3) is 0.0909. The zero-order valence-electron chi connectivity index (χ0n) is 8.04. The number of hydrogen-bond donors (Lipinski definition) is 0. The molecule has 76 valence electrons. The summed E-state index contributed by atoms with van der Waals surface area (Å²) in [5, 5.41) is 0.0481. The van der Waals surface area contributed by atoms with Gasteiger partial charge in [0.05, 0.1) is 6.20 Å². The van der Waals surface area contributed by atoms with E-state index in [-0.39, 0.29) is 11.0 Å². The largest absolute Gasteiger partial charge is 0.223 e. The van der Waals surface area contributed by atoms with Crippen LogP contribution in [-0.2, 0) is 0 Å². The summed E-state index contributed by atoms with van der Waals surface area (Å²) in [5.41, 5.74) is 2.04. The van der Waals surface area contributed by atoms with Gasteiger partial charge in [-0.25, -0.2) is 14.4 Å². The number of aromatic nitrogens is 2. The van der Waals surface area contributed by atoms with Crippen LogP contribution in [0.5, 0.6) is 0 Å². The Morgan fingerprint density at radius 2 is 1.87 bits per heavy atom. The van der Waals surface area contributed by atoms with E-state index in [2.05, 4.69) is 9.97 Å². The van der Waals surface area contributed by atoms with Crippen molar-refractivity contribution in [2.75, 3.05) is 0 Å². The molecule has 0 saturated heterocycles. The normalized spacial score (nSPS) is 10.3. The summed E-state index contributed by atoms with van der Waals surface area (Å²) in [4.78, 5) is 7.41. The van der Waals surface area contributed by atoms with Crippen LogP contribution in [-0.4, -0.2) is 9.97 Å². The predicted molar refractivity (Wildman–Crippen MR) is 57.2 cm³/mol. The molecular formula is C11H8ClFN2. The van der Waals surface area contributed by atoms with Crippen LogP contribution in [0.3, 0.4) is 0 Å². The Labute approximate surface area is 91.8 Å². The lowest BCUT2D eigenvalue weighted by atomic mass is 10.1. The monoisotopic (exact) mass is 222 g/mol. The Bertz CT molecular complexity index is 482. The Hall–Kier alpha value is -1.48. The topological polar surface area (TPSA) is 25.8 Å². The lowest BCUT2D eigenvalue weighted by Crippen LogP contribution is -1.92. The van der Waals surface area contributed by atoms with Crippen LogP contribution in [0.4, 0.5) is 4.39 Å². The highest BCUT2D eigenvalue weighted by atomic mass is 35.5. The summed E-state index contributed by atoms with van der Waals surface area (Å²) in [5.74, 6) is -0.469. The van der Waals surface area contributed by atoms with Crippen LogP contribution in [0, 0.1) is 12.7 Å². The number of benzene rings is 1. The van der Waals surface area contributed by atoms with Gasteiger partial charge >= 0.3 is 0 Å². The molecule has 0 spiro atoms. The molecule has 0 saturated carbocycles. The van der Waals surface area contributed by atoms with Crippen LogP contribution in [0.25, 0.3) is 11.3 Å². The minimum Gasteiger partial charge on any atom is -0.223 e. The second kappa shape index (κ2) is 3.95. The van der Waals surface area contributed by atoms with Crippen molar-refractivity contribution in [3.8, 4) is 11.3 Å². The van der Waals surface area contributed by atoms with E-state index in [9.17, 15) is 4.39 Å². The van der Waals surface area contributed by atoms with E-state index in [0.29, 0.717) is 5.56 Å². The van der Waals surface area contributed by atoms with Crippen LogP contribution in [0.1, 0.15) is 5.56 Å². The molecule has 0 bridgehead atoms. The van der Waals surface area contributed by atoms with Crippen LogP contribution >= 0.6 is 11.6 Å². The molecule has 0 atom stereocenters. The van der Waals surface area contributed by atoms with Gasteiger partial charge in [0.15, 0.2) is 5.82 Å². The lowest BCUT2D eigenvalue weighted by molar-refractivity contribution is 0.618. The van der Waals surface area contributed by atoms with Crippen LogP contribution in [0.2, 0.25) is 5.28 Å². The quantitative estimate of drug-likeness (QED) is 0.693. The third-order valence-electron chi connectivity index (χ3n) is 2.04. The molecule has 1 heterocycles. The highest BCUT2D eigenvalue weighted by Gasteiger charge is 2.07. The zero-order chi connectivity index (χ0) is 10.8. The molecule has 1 aromatic carbocycles. The molecule has 0 aliphatic heterocycles. The van der Waals surface area contributed by atoms with Crippen molar-refractivity contribution >= 4 is 11.6 Å². The maximum atomic E-state index is 13.4. The SMILES string of the molecule is Cc1ccc(-c2nc(Cl)ncc2F)cc1. The van der Waals surface area contributed by atoms with Gasteiger partial charge in [0, 0.05) is 5.56 Å². The second-order valence-electron chi connectivity index (χ2n) is 3.20. The molecule has 2 aromatic rings. The molecule has 0 unspecified atom stereocenters. The molecule has 0 N–H and O–H groups in total. The van der Waals surface area contributed by atoms with Gasteiger partial charge in [0.2, 0.25) is 5.28 Å². The second-order valence-corrected chi connectivity index (χ2v) is 3.54. The molecule has 0 amide bonds. The van der Waals surface area contributed by atoms with E-state index in [1.165, 1.54) is 0 Å². The van der Waals surface area contributed by atoms with Gasteiger partial charge in [-0.1, -0.05) is 29.8 Å². The number of aryl methyl sites for hydroxylation is 1. The Morgan fingerprint density at radius 1 is 1.20 bits per heavy atom. The van der Waals surface area contributed by atoms with Gasteiger partial charge in [0.25, 0.3) is 0 Å². The molecule has 0 radical (unpaired) electrons. The fourth-order valence-electron chi connectivity index (χ4n) is 1.26. The summed E-state index contributed by atoms with van der Waals surface area (Å²) in [7, 11) is 0. The highest BCUT2D eigenvalue weighted by molar-refractivity contribution is 6.28. The standard InChI is InChI=1S/C11H8ClFN2/c1-7-2-4-8(5-3-7)10-9(13)6-14-11(12)15-10/h2-6H,1H3. The molecule has 15 heavy (non-hydrogen) atoms. The minimum absolute atomic E-state index is 0.0481. The van der Waals surface area contributed by atoms with Crippen molar-refractivity contribution in [2.45, 2.75) is 6.92 Å². The summed E-state index contributed by atoms with van der Waals surface area (Å²) in [6, 6.07) is 7.39. The van der Waals surface area contributed by atoms with Gasteiger partial charge in [-0.15, -0.1) is 0 Å². The number of nitrogens with zero attached hydrogens (tertiary/aromatic N) is 2. The van der Waals surface area contributed by atoms with Crippen molar-refractivity contribution in [1.82, 2.24) is 9.97 Å². The predicted octanol–water partition coefficient (Wildman–Crippen LogP) is 3.24. The first-order valence-electron chi connectivity index (χ1n) is 4.42. The number of hydrogen-bond acceptors (Lipinski definition) is 2. The first-order chi connectivity index (χ1) is 7.16. The van der Waals surface area contributed by atoms with Crippen molar-refractivity contribution in [2.24, 2.45) is 0 Å². The summed E-state index contributed by atoms with van der Waals surface area (Å²) in [6.07, 6.45) is 1.07. The molecular weight excluding hydrogens is 215 g/mol. The summed E-state index contributed by atoms with van der Waals surface area (Å²) >= 11 is 5.61. The minimum atomic E-state index is -0.469. The molecule has 2 nitrogen and oxygen atoms in total. The van der Waals surface area contributed by atoms with Gasteiger partial charge in [-0.2, -0.15) is 0 Å². The first kappa shape index (κ1) is 10.1. The van der Waals surface area contributed by atoms with E-state index in [4.69, 9.17) is 11.6 Å². The van der Waals surface area contributed by atoms with Gasteiger partial charge in [0.1, 0.15) is 5.69 Å². The van der Waals surface area contributed by atoms with Crippen LogP contribution < -0.4 is 0 Å². The fourth-order valence-corrected chi connectivity index (χ4v) is 1.39. The summed E-state index contributed by atoms with van der Waals surface area (Å²) in [6.45, 7) is 1.97. The Balaban J connectivity index is 2.53. The Morgan fingerprint density at radius 3 is 2.53 bits per heavy atom. The van der Waals surface area contributed by atoms with E-state index >= 15 is 0 Å². The zero-order valence-corrected chi connectivity index (χ0v) is 8.79. The molecule has 2 rings (SSSR count). The average Bonchev–Trinajstić information content (AvgIpc) is 2.23. The molecule has 4 heteroatoms. The third-order valence-corrected chi connectivity index (χ3v) is 2.22. The first-order valence-corrected chi connectivity index (χ1v) is 4.79. The Kier molecular flexibility index (Phi) is 2.64. The van der Waals surface area contributed by atoms with Crippen LogP contribution in [0.15, 0.2) is 30.5 Å². The third kappa shape index (κ3) is 2.13. The van der Waals surface area contributed by atoms with Gasteiger partial charge < -0.3 is 0 Å². The van der Waals surface area contributed by atoms with E-state index in [1.807, 2.05) is 19.1 Å². The van der Waals surface area contributed by atoms with Crippen molar-refractivity contribution < 1.29 is 4.39 Å². The van der Waals surface area contributed by atoms with Gasteiger partial charge in [-0.3, -0.25) is 0 Å². The molecule has 0 fully saturated rings. The van der Waals surface area contributed by atoms with Crippen molar-refractivity contribution in [3.05, 3.63) is 47.1 Å². The lowest BCUT2D eigenvalue weighted by Gasteiger charge is -2.02. The van der Waals surface area contributed by atoms with E-state index in [0.717, 1.165) is 11.8 Å². The number of halogens is 2. The highest BCUT2D eigenvalue weighted by Crippen LogP contribution is 2.21. The summed E-state index contributed by atoms with van der Waals surface area (Å²) < 4.78 is 13.4. The molecule has 0 aliphatic rings. The smallest absolute Gasteiger partial charge is 0.223 e. The van der Waals surface area contributed by atoms with Crippen molar-refractivity contribution in [1.29, 1.82) is 0 Å². The van der Waals surface area contributed by atoms with Gasteiger partial charge in [-0.05, 0) is 18.5 Å². The molecule has 1 aromatic heterocycles. The maximum Gasteiger partial charge on any atom is 0.223 e. The van der Waals surface area contributed by atoms with E-state index < -0.39 is 5.82 Å². The van der Waals surface area contributed by atoms with E-state index in [1.54, 1.807) is 12.1 Å². The van der Waals surface area contributed by atoms with Crippen molar-refractivity contribution in [3.63, 3.8) is 0 Å². The molecule has 0 aliphatic carbocycles. The number of rotatable bonds is 1. The maximum absolute atomic E-state index is 13.4. The average molecular weight is 223 g/mol.